The molecule has 0 radical (unpaired) electrons. The number of carbonyl (C=O) groups excluding carboxylic acids is 1. The highest BCUT2D eigenvalue weighted by atomic mass is 79.9. The summed E-state index contributed by atoms with van der Waals surface area (Å²) in [5, 5.41) is 6.35. The standard InChI is InChI=1S/C17H17BrN2O/c1-11(14-4-2-3-5-15(14)18)20-17(21)13-7-6-12-8-9-19-16(12)10-13/h2-7,10-11,19H,8-9H2,1H3,(H,20,21)/t11-/m1/s1. The van der Waals surface area contributed by atoms with Gasteiger partial charge in [-0.3, -0.25) is 4.79 Å². The van der Waals surface area contributed by atoms with Crippen molar-refractivity contribution in [2.45, 2.75) is 19.4 Å². The van der Waals surface area contributed by atoms with Gasteiger partial charge in [0.15, 0.2) is 0 Å². The molecule has 2 N–H and O–H groups in total. The van der Waals surface area contributed by atoms with Crippen LogP contribution in [-0.2, 0) is 6.42 Å². The fraction of sp³-hybridized carbons (Fsp3) is 0.235. The first-order valence-electron chi connectivity index (χ1n) is 7.07. The van der Waals surface area contributed by atoms with Gasteiger partial charge >= 0.3 is 0 Å². The summed E-state index contributed by atoms with van der Waals surface area (Å²) in [6.45, 7) is 2.94. The molecule has 0 fully saturated rings. The Bertz CT molecular complexity index is 684. The Balaban J connectivity index is 1.76. The van der Waals surface area contributed by atoms with Gasteiger partial charge in [0.1, 0.15) is 0 Å². The van der Waals surface area contributed by atoms with Crippen molar-refractivity contribution < 1.29 is 4.79 Å². The normalized spacial score (nSPS) is 14.2. The topological polar surface area (TPSA) is 41.1 Å². The number of amides is 1. The second-order valence-electron chi connectivity index (χ2n) is 5.27. The zero-order chi connectivity index (χ0) is 14.8. The van der Waals surface area contributed by atoms with E-state index in [-0.39, 0.29) is 11.9 Å². The molecular weight excluding hydrogens is 328 g/mol. The van der Waals surface area contributed by atoms with Crippen LogP contribution >= 0.6 is 15.9 Å². The predicted molar refractivity (Wildman–Crippen MR) is 88.7 cm³/mol. The number of fused-ring (bicyclic) bond motifs is 1. The van der Waals surface area contributed by atoms with Gasteiger partial charge in [0, 0.05) is 22.3 Å². The number of hydrogen-bond acceptors (Lipinski definition) is 2. The number of nitrogens with one attached hydrogen (secondary N) is 2. The van der Waals surface area contributed by atoms with Crippen LogP contribution in [0.2, 0.25) is 0 Å². The van der Waals surface area contributed by atoms with Crippen LogP contribution in [0.15, 0.2) is 46.9 Å². The van der Waals surface area contributed by atoms with E-state index in [0.717, 1.165) is 28.7 Å². The first-order chi connectivity index (χ1) is 10.1. The summed E-state index contributed by atoms with van der Waals surface area (Å²) in [7, 11) is 0. The molecule has 1 heterocycles. The van der Waals surface area contributed by atoms with Crippen LogP contribution in [0.5, 0.6) is 0 Å². The van der Waals surface area contributed by atoms with Gasteiger partial charge in [-0.25, -0.2) is 0 Å². The lowest BCUT2D eigenvalue weighted by molar-refractivity contribution is 0.0940. The summed E-state index contributed by atoms with van der Waals surface area (Å²) in [6, 6.07) is 13.8. The van der Waals surface area contributed by atoms with E-state index in [9.17, 15) is 4.79 Å². The van der Waals surface area contributed by atoms with Crippen LogP contribution in [0.1, 0.15) is 34.5 Å². The number of rotatable bonds is 3. The number of carbonyl (C=O) groups is 1. The van der Waals surface area contributed by atoms with Crippen LogP contribution in [-0.4, -0.2) is 12.5 Å². The minimum absolute atomic E-state index is 0.0465. The summed E-state index contributed by atoms with van der Waals surface area (Å²) in [6.07, 6.45) is 1.03. The van der Waals surface area contributed by atoms with Gasteiger partial charge in [0.05, 0.1) is 6.04 Å². The maximum absolute atomic E-state index is 12.4. The maximum Gasteiger partial charge on any atom is 0.251 e. The van der Waals surface area contributed by atoms with Crippen molar-refractivity contribution in [3.05, 3.63) is 63.6 Å². The molecule has 0 saturated carbocycles. The molecule has 4 heteroatoms. The van der Waals surface area contributed by atoms with Crippen molar-refractivity contribution in [3.63, 3.8) is 0 Å². The largest absolute Gasteiger partial charge is 0.384 e. The third-order valence-electron chi connectivity index (χ3n) is 3.80. The van der Waals surface area contributed by atoms with E-state index in [1.807, 2.05) is 49.4 Å². The second kappa shape index (κ2) is 5.90. The van der Waals surface area contributed by atoms with Crippen LogP contribution in [0, 0.1) is 0 Å². The SMILES string of the molecule is C[C@@H](NC(=O)c1ccc2c(c1)NCC2)c1ccccc1Br. The van der Waals surface area contributed by atoms with E-state index < -0.39 is 0 Å². The van der Waals surface area contributed by atoms with Crippen molar-refractivity contribution in [1.29, 1.82) is 0 Å². The van der Waals surface area contributed by atoms with Gasteiger partial charge in [-0.1, -0.05) is 40.2 Å². The molecule has 2 aromatic rings. The van der Waals surface area contributed by atoms with Gasteiger partial charge in [-0.05, 0) is 42.7 Å². The maximum atomic E-state index is 12.4. The lowest BCUT2D eigenvalue weighted by atomic mass is 10.1. The second-order valence-corrected chi connectivity index (χ2v) is 6.12. The summed E-state index contributed by atoms with van der Waals surface area (Å²) < 4.78 is 1.01. The van der Waals surface area contributed by atoms with E-state index in [1.165, 1.54) is 5.56 Å². The molecule has 0 unspecified atom stereocenters. The highest BCUT2D eigenvalue weighted by Gasteiger charge is 2.16. The molecule has 0 bridgehead atoms. The van der Waals surface area contributed by atoms with Crippen LogP contribution in [0.3, 0.4) is 0 Å². The quantitative estimate of drug-likeness (QED) is 0.886. The molecule has 3 nitrogen and oxygen atoms in total. The minimum atomic E-state index is -0.0470. The highest BCUT2D eigenvalue weighted by Crippen LogP contribution is 2.25. The molecule has 108 valence electrons. The van der Waals surface area contributed by atoms with Crippen LogP contribution in [0.25, 0.3) is 0 Å². The lowest BCUT2D eigenvalue weighted by Gasteiger charge is -2.16. The number of benzene rings is 2. The minimum Gasteiger partial charge on any atom is -0.384 e. The fourth-order valence-electron chi connectivity index (χ4n) is 2.62. The molecule has 0 aliphatic carbocycles. The van der Waals surface area contributed by atoms with Crippen molar-refractivity contribution in [1.82, 2.24) is 5.32 Å². The van der Waals surface area contributed by atoms with Gasteiger partial charge < -0.3 is 10.6 Å². The Kier molecular flexibility index (Phi) is 3.97. The monoisotopic (exact) mass is 344 g/mol. The van der Waals surface area contributed by atoms with Crippen molar-refractivity contribution >= 4 is 27.5 Å². The Morgan fingerprint density at radius 3 is 2.90 bits per heavy atom. The number of hydrogen-bond donors (Lipinski definition) is 2. The van der Waals surface area contributed by atoms with E-state index >= 15 is 0 Å². The Morgan fingerprint density at radius 1 is 1.29 bits per heavy atom. The third kappa shape index (κ3) is 2.95. The molecular formula is C17H17BrN2O. The molecule has 1 aliphatic heterocycles. The fourth-order valence-corrected chi connectivity index (χ4v) is 3.24. The molecule has 0 aromatic heterocycles. The molecule has 3 rings (SSSR count). The Labute approximate surface area is 132 Å². The highest BCUT2D eigenvalue weighted by molar-refractivity contribution is 9.10. The van der Waals surface area contributed by atoms with Gasteiger partial charge in [-0.15, -0.1) is 0 Å². The van der Waals surface area contributed by atoms with Crippen molar-refractivity contribution in [3.8, 4) is 0 Å². The number of halogens is 1. The lowest BCUT2D eigenvalue weighted by Crippen LogP contribution is -2.26. The first-order valence-corrected chi connectivity index (χ1v) is 7.86. The first kappa shape index (κ1) is 14.1. The molecule has 2 aromatic carbocycles. The number of anilines is 1. The van der Waals surface area contributed by atoms with E-state index in [0.29, 0.717) is 5.56 Å². The Hall–Kier alpha value is -1.81. The summed E-state index contributed by atoms with van der Waals surface area (Å²) in [5.74, 6) is -0.0465. The molecule has 0 spiro atoms. The van der Waals surface area contributed by atoms with Gasteiger partial charge in [0.25, 0.3) is 5.91 Å². The Morgan fingerprint density at radius 2 is 2.10 bits per heavy atom. The average Bonchev–Trinajstić information content (AvgIpc) is 2.94. The van der Waals surface area contributed by atoms with Gasteiger partial charge in [-0.2, -0.15) is 0 Å². The summed E-state index contributed by atoms with van der Waals surface area (Å²) >= 11 is 3.52. The van der Waals surface area contributed by atoms with Crippen LogP contribution in [0.4, 0.5) is 5.69 Å². The van der Waals surface area contributed by atoms with E-state index in [1.54, 1.807) is 0 Å². The average molecular weight is 345 g/mol. The smallest absolute Gasteiger partial charge is 0.251 e. The zero-order valence-corrected chi connectivity index (χ0v) is 13.4. The molecule has 21 heavy (non-hydrogen) atoms. The predicted octanol–water partition coefficient (Wildman–Crippen LogP) is 3.91. The molecule has 0 saturated heterocycles. The molecule has 1 aliphatic rings. The molecule has 1 atom stereocenters. The molecule has 1 amide bonds. The summed E-state index contributed by atoms with van der Waals surface area (Å²) in [4.78, 5) is 12.4. The van der Waals surface area contributed by atoms with Gasteiger partial charge in [0.2, 0.25) is 0 Å². The summed E-state index contributed by atoms with van der Waals surface area (Å²) in [5.41, 5.74) is 4.13. The van der Waals surface area contributed by atoms with Crippen molar-refractivity contribution in [2.75, 3.05) is 11.9 Å². The van der Waals surface area contributed by atoms with Crippen molar-refractivity contribution in [2.24, 2.45) is 0 Å². The van der Waals surface area contributed by atoms with E-state index in [4.69, 9.17) is 0 Å². The van der Waals surface area contributed by atoms with Crippen LogP contribution < -0.4 is 10.6 Å². The van der Waals surface area contributed by atoms with E-state index in [2.05, 4.69) is 26.6 Å². The zero-order valence-electron chi connectivity index (χ0n) is 11.8. The third-order valence-corrected chi connectivity index (χ3v) is 4.52.